The van der Waals surface area contributed by atoms with Gasteiger partial charge in [-0.15, -0.1) is 6.58 Å². The third-order valence-corrected chi connectivity index (χ3v) is 3.33. The van der Waals surface area contributed by atoms with Crippen molar-refractivity contribution < 1.29 is 0 Å². The zero-order chi connectivity index (χ0) is 16.3. The molecule has 0 unspecified atom stereocenters. The molecule has 0 saturated heterocycles. The van der Waals surface area contributed by atoms with Crippen molar-refractivity contribution in [3.05, 3.63) is 104 Å². The number of nitrogens with zero attached hydrogens (tertiary/aromatic N) is 1. The average Bonchev–Trinajstić information content (AvgIpc) is 2.65. The first-order chi connectivity index (χ1) is 11.4. The highest BCUT2D eigenvalue weighted by atomic mass is 15.1. The maximum Gasteiger partial charge on any atom is 0.0461 e. The number of hydrogen-bond donors (Lipinski definition) is 0. The SMILES string of the molecule is C=CCC.c1ccc(N(c2ccccc2)c2ccccc2)cc1. The van der Waals surface area contributed by atoms with Crippen LogP contribution in [0.5, 0.6) is 0 Å². The lowest BCUT2D eigenvalue weighted by Gasteiger charge is -2.25. The molecule has 0 saturated carbocycles. The van der Waals surface area contributed by atoms with Crippen molar-refractivity contribution in [3.8, 4) is 0 Å². The first-order valence-corrected chi connectivity index (χ1v) is 7.93. The minimum Gasteiger partial charge on any atom is -0.311 e. The van der Waals surface area contributed by atoms with Crippen LogP contribution in [0.1, 0.15) is 13.3 Å². The van der Waals surface area contributed by atoms with Crippen molar-refractivity contribution in [2.45, 2.75) is 13.3 Å². The van der Waals surface area contributed by atoms with Crippen molar-refractivity contribution in [2.75, 3.05) is 4.90 Å². The molecule has 1 heteroatoms. The van der Waals surface area contributed by atoms with Crippen LogP contribution in [0.3, 0.4) is 0 Å². The van der Waals surface area contributed by atoms with Gasteiger partial charge in [0.25, 0.3) is 0 Å². The Hall–Kier alpha value is -2.80. The van der Waals surface area contributed by atoms with E-state index in [-0.39, 0.29) is 0 Å². The van der Waals surface area contributed by atoms with Crippen molar-refractivity contribution in [2.24, 2.45) is 0 Å². The highest BCUT2D eigenvalue weighted by Gasteiger charge is 2.10. The zero-order valence-electron chi connectivity index (χ0n) is 13.6. The highest BCUT2D eigenvalue weighted by Crippen LogP contribution is 2.33. The average molecular weight is 301 g/mol. The van der Waals surface area contributed by atoms with Crippen molar-refractivity contribution in [1.29, 1.82) is 0 Å². The van der Waals surface area contributed by atoms with Crippen LogP contribution in [0, 0.1) is 0 Å². The van der Waals surface area contributed by atoms with Gasteiger partial charge in [0.2, 0.25) is 0 Å². The van der Waals surface area contributed by atoms with Gasteiger partial charge in [0.15, 0.2) is 0 Å². The van der Waals surface area contributed by atoms with E-state index in [1.165, 1.54) is 17.1 Å². The summed E-state index contributed by atoms with van der Waals surface area (Å²) >= 11 is 0. The summed E-state index contributed by atoms with van der Waals surface area (Å²) < 4.78 is 0. The fraction of sp³-hybridized carbons (Fsp3) is 0.0909. The van der Waals surface area contributed by atoms with Crippen molar-refractivity contribution >= 4 is 17.1 Å². The standard InChI is InChI=1S/C18H15N.C4H8/c1-4-10-16(11-5-1)19(17-12-6-2-7-13-17)18-14-8-3-9-15-18;1-3-4-2/h1-15H;3H,1,4H2,2H3. The van der Waals surface area contributed by atoms with Crippen LogP contribution in [0.25, 0.3) is 0 Å². The molecule has 0 aromatic heterocycles. The monoisotopic (exact) mass is 301 g/mol. The third-order valence-electron chi connectivity index (χ3n) is 3.33. The van der Waals surface area contributed by atoms with Gasteiger partial charge in [0, 0.05) is 17.1 Å². The molecule has 0 amide bonds. The van der Waals surface area contributed by atoms with Crippen LogP contribution in [0.15, 0.2) is 104 Å². The Morgan fingerprint density at radius 2 is 0.913 bits per heavy atom. The molecule has 0 spiro atoms. The molecule has 3 rings (SSSR count). The van der Waals surface area contributed by atoms with E-state index in [2.05, 4.69) is 91.2 Å². The predicted octanol–water partition coefficient (Wildman–Crippen LogP) is 6.74. The predicted molar refractivity (Wildman–Crippen MR) is 102 cm³/mol. The molecule has 0 atom stereocenters. The van der Waals surface area contributed by atoms with Gasteiger partial charge in [0.05, 0.1) is 0 Å². The Bertz CT molecular complexity index is 581. The maximum atomic E-state index is 3.48. The van der Waals surface area contributed by atoms with E-state index in [1.54, 1.807) is 0 Å². The Kier molecular flexibility index (Phi) is 6.67. The van der Waals surface area contributed by atoms with Gasteiger partial charge in [0.1, 0.15) is 0 Å². The van der Waals surface area contributed by atoms with Crippen molar-refractivity contribution in [3.63, 3.8) is 0 Å². The molecular formula is C22H23N. The molecular weight excluding hydrogens is 278 g/mol. The second kappa shape index (κ2) is 9.26. The molecule has 0 N–H and O–H groups in total. The molecule has 3 aromatic carbocycles. The zero-order valence-corrected chi connectivity index (χ0v) is 13.6. The lowest BCUT2D eigenvalue weighted by molar-refractivity contribution is 1.23. The fourth-order valence-electron chi connectivity index (χ4n) is 2.18. The Morgan fingerprint density at radius 3 is 1.13 bits per heavy atom. The minimum atomic E-state index is 1.08. The van der Waals surface area contributed by atoms with Crippen LogP contribution < -0.4 is 4.90 Å². The van der Waals surface area contributed by atoms with E-state index in [9.17, 15) is 0 Å². The molecule has 0 aliphatic rings. The molecule has 0 radical (unpaired) electrons. The quantitative estimate of drug-likeness (QED) is 0.482. The molecule has 0 heterocycles. The van der Waals surface area contributed by atoms with E-state index < -0.39 is 0 Å². The second-order valence-corrected chi connectivity index (χ2v) is 5.04. The Labute approximate surface area is 139 Å². The fourth-order valence-corrected chi connectivity index (χ4v) is 2.18. The van der Waals surface area contributed by atoms with Crippen LogP contribution in [0.2, 0.25) is 0 Å². The summed E-state index contributed by atoms with van der Waals surface area (Å²) in [6, 6.07) is 31.3. The number of para-hydroxylation sites is 3. The number of rotatable bonds is 4. The van der Waals surface area contributed by atoms with Gasteiger partial charge in [-0.25, -0.2) is 0 Å². The lowest BCUT2D eigenvalue weighted by atomic mass is 10.2. The van der Waals surface area contributed by atoms with Gasteiger partial charge in [-0.1, -0.05) is 67.6 Å². The number of allylic oxidation sites excluding steroid dienone is 1. The van der Waals surface area contributed by atoms with E-state index >= 15 is 0 Å². The second-order valence-electron chi connectivity index (χ2n) is 5.04. The van der Waals surface area contributed by atoms with Gasteiger partial charge >= 0.3 is 0 Å². The first kappa shape index (κ1) is 16.6. The minimum absolute atomic E-state index is 1.08. The van der Waals surface area contributed by atoms with E-state index in [4.69, 9.17) is 0 Å². The van der Waals surface area contributed by atoms with Crippen LogP contribution in [-0.4, -0.2) is 0 Å². The van der Waals surface area contributed by atoms with Crippen LogP contribution in [0.4, 0.5) is 17.1 Å². The van der Waals surface area contributed by atoms with Crippen LogP contribution in [-0.2, 0) is 0 Å². The summed E-state index contributed by atoms with van der Waals surface area (Å²) in [5.74, 6) is 0. The summed E-state index contributed by atoms with van der Waals surface area (Å²) in [6.07, 6.45) is 2.96. The molecule has 3 aromatic rings. The number of anilines is 3. The van der Waals surface area contributed by atoms with E-state index in [1.807, 2.05) is 24.3 Å². The van der Waals surface area contributed by atoms with Gasteiger partial charge in [-0.3, -0.25) is 0 Å². The largest absolute Gasteiger partial charge is 0.311 e. The lowest BCUT2D eigenvalue weighted by Crippen LogP contribution is -2.09. The topological polar surface area (TPSA) is 3.24 Å². The normalized spacial score (nSPS) is 9.43. The number of hydrogen-bond acceptors (Lipinski definition) is 1. The summed E-state index contributed by atoms with van der Waals surface area (Å²) in [5.41, 5.74) is 3.50. The molecule has 0 fully saturated rings. The Balaban J connectivity index is 0.000000433. The summed E-state index contributed by atoms with van der Waals surface area (Å²) in [4.78, 5) is 2.25. The molecule has 0 bridgehead atoms. The van der Waals surface area contributed by atoms with Crippen molar-refractivity contribution in [1.82, 2.24) is 0 Å². The van der Waals surface area contributed by atoms with E-state index in [0.717, 1.165) is 6.42 Å². The van der Waals surface area contributed by atoms with E-state index in [0.29, 0.717) is 0 Å². The Morgan fingerprint density at radius 1 is 0.652 bits per heavy atom. The first-order valence-electron chi connectivity index (χ1n) is 7.93. The van der Waals surface area contributed by atoms with Crippen LogP contribution >= 0.6 is 0 Å². The third kappa shape index (κ3) is 4.86. The summed E-state index contributed by atoms with van der Waals surface area (Å²) in [5, 5.41) is 0. The molecule has 0 aliphatic heterocycles. The maximum absolute atomic E-state index is 3.48. The number of benzene rings is 3. The van der Waals surface area contributed by atoms with Gasteiger partial charge in [-0.05, 0) is 42.8 Å². The summed E-state index contributed by atoms with van der Waals surface area (Å²) in [6.45, 7) is 5.54. The van der Waals surface area contributed by atoms with Gasteiger partial charge < -0.3 is 4.90 Å². The highest BCUT2D eigenvalue weighted by molar-refractivity contribution is 5.76. The summed E-state index contributed by atoms with van der Waals surface area (Å²) in [7, 11) is 0. The molecule has 23 heavy (non-hydrogen) atoms. The van der Waals surface area contributed by atoms with Gasteiger partial charge in [-0.2, -0.15) is 0 Å². The molecule has 116 valence electrons. The molecule has 0 aliphatic carbocycles. The molecule has 1 nitrogen and oxygen atoms in total. The smallest absolute Gasteiger partial charge is 0.0461 e.